The maximum Gasteiger partial charge on any atom is 0.0512 e. The molecular weight excluding hydrogens is 248 g/mol. The monoisotopic (exact) mass is 270 g/mol. The third-order valence-electron chi connectivity index (χ3n) is 4.14. The van der Waals surface area contributed by atoms with Crippen molar-refractivity contribution in [3.05, 3.63) is 42.2 Å². The maximum atomic E-state index is 5.69. The Bertz CT molecular complexity index is 558. The van der Waals surface area contributed by atoms with Crippen molar-refractivity contribution in [3.63, 3.8) is 0 Å². The average Bonchev–Trinajstić information content (AvgIpc) is 2.53. The number of nitrogens with zero attached hydrogens (tertiary/aromatic N) is 1. The summed E-state index contributed by atoms with van der Waals surface area (Å²) in [5.41, 5.74) is 1.38. The van der Waals surface area contributed by atoms with Crippen molar-refractivity contribution >= 4 is 10.8 Å². The van der Waals surface area contributed by atoms with Crippen molar-refractivity contribution < 1.29 is 4.74 Å². The van der Waals surface area contributed by atoms with E-state index in [9.17, 15) is 0 Å². The molecule has 3 nitrogen and oxygen atoms in total. The molecule has 0 spiro atoms. The van der Waals surface area contributed by atoms with E-state index in [0.717, 1.165) is 19.8 Å². The van der Waals surface area contributed by atoms with Crippen LogP contribution >= 0.6 is 0 Å². The fraction of sp³-hybridized carbons (Fsp3) is 0.471. The molecule has 1 aromatic carbocycles. The van der Waals surface area contributed by atoms with Gasteiger partial charge in [0, 0.05) is 36.3 Å². The van der Waals surface area contributed by atoms with Crippen molar-refractivity contribution in [2.45, 2.75) is 25.8 Å². The van der Waals surface area contributed by atoms with Gasteiger partial charge in [0.1, 0.15) is 0 Å². The quantitative estimate of drug-likeness (QED) is 0.925. The maximum absolute atomic E-state index is 5.69. The Morgan fingerprint density at radius 2 is 2.35 bits per heavy atom. The summed E-state index contributed by atoms with van der Waals surface area (Å²) in [6.07, 6.45) is 6.23. The summed E-state index contributed by atoms with van der Waals surface area (Å²) >= 11 is 0. The van der Waals surface area contributed by atoms with E-state index in [1.165, 1.54) is 29.2 Å². The minimum atomic E-state index is 0.367. The zero-order valence-corrected chi connectivity index (χ0v) is 12.0. The Morgan fingerprint density at radius 3 is 3.15 bits per heavy atom. The molecule has 3 rings (SSSR count). The van der Waals surface area contributed by atoms with E-state index in [1.54, 1.807) is 0 Å². The van der Waals surface area contributed by atoms with Crippen LogP contribution in [0.25, 0.3) is 10.8 Å². The molecule has 3 heteroatoms. The van der Waals surface area contributed by atoms with Crippen LogP contribution in [0.15, 0.2) is 36.7 Å². The van der Waals surface area contributed by atoms with Gasteiger partial charge in [0.2, 0.25) is 0 Å². The van der Waals surface area contributed by atoms with Crippen LogP contribution in [0.1, 0.15) is 31.4 Å². The number of benzene rings is 1. The molecule has 1 aliphatic rings. The van der Waals surface area contributed by atoms with E-state index in [0.29, 0.717) is 12.0 Å². The van der Waals surface area contributed by atoms with Crippen LogP contribution in [0, 0.1) is 5.92 Å². The highest BCUT2D eigenvalue weighted by molar-refractivity contribution is 5.85. The van der Waals surface area contributed by atoms with Gasteiger partial charge < -0.3 is 10.1 Å². The first kappa shape index (κ1) is 13.5. The molecule has 2 aromatic rings. The van der Waals surface area contributed by atoms with E-state index in [4.69, 9.17) is 4.74 Å². The van der Waals surface area contributed by atoms with E-state index >= 15 is 0 Å². The molecule has 0 radical (unpaired) electrons. The Labute approximate surface area is 120 Å². The van der Waals surface area contributed by atoms with Crippen LogP contribution < -0.4 is 5.32 Å². The number of aromatic nitrogens is 1. The van der Waals surface area contributed by atoms with Gasteiger partial charge in [-0.15, -0.1) is 0 Å². The number of nitrogens with one attached hydrogen (secondary N) is 1. The van der Waals surface area contributed by atoms with Crippen molar-refractivity contribution in [1.29, 1.82) is 0 Å². The summed E-state index contributed by atoms with van der Waals surface area (Å²) in [7, 11) is 0. The van der Waals surface area contributed by atoms with Gasteiger partial charge in [0.25, 0.3) is 0 Å². The van der Waals surface area contributed by atoms with Gasteiger partial charge in [-0.3, -0.25) is 4.98 Å². The molecule has 1 aromatic heterocycles. The number of hydrogen-bond donors (Lipinski definition) is 1. The molecule has 2 atom stereocenters. The Morgan fingerprint density at radius 1 is 1.40 bits per heavy atom. The summed E-state index contributed by atoms with van der Waals surface area (Å²) in [5, 5.41) is 6.18. The van der Waals surface area contributed by atoms with Crippen LogP contribution in [0.3, 0.4) is 0 Å². The average molecular weight is 270 g/mol. The third-order valence-corrected chi connectivity index (χ3v) is 4.14. The molecular formula is C17H22N2O. The molecule has 0 bridgehead atoms. The van der Waals surface area contributed by atoms with E-state index < -0.39 is 0 Å². The molecule has 1 saturated heterocycles. The van der Waals surface area contributed by atoms with E-state index in [-0.39, 0.29) is 0 Å². The first-order valence-electron chi connectivity index (χ1n) is 7.54. The van der Waals surface area contributed by atoms with Gasteiger partial charge in [-0.05, 0) is 36.4 Å². The predicted molar refractivity (Wildman–Crippen MR) is 81.7 cm³/mol. The van der Waals surface area contributed by atoms with Crippen molar-refractivity contribution in [3.8, 4) is 0 Å². The van der Waals surface area contributed by atoms with Crippen molar-refractivity contribution in [2.75, 3.05) is 19.8 Å². The highest BCUT2D eigenvalue weighted by Crippen LogP contribution is 2.32. The summed E-state index contributed by atoms with van der Waals surface area (Å²) in [6, 6.07) is 8.99. The molecule has 2 heterocycles. The Balaban J connectivity index is 2.00. The first-order valence-corrected chi connectivity index (χ1v) is 7.54. The smallest absolute Gasteiger partial charge is 0.0512 e. The second kappa shape index (κ2) is 6.33. The molecule has 106 valence electrons. The first-order chi connectivity index (χ1) is 9.90. The predicted octanol–water partition coefficient (Wildman–Crippen LogP) is 3.31. The summed E-state index contributed by atoms with van der Waals surface area (Å²) in [6.45, 7) is 4.92. The number of hydrogen-bond acceptors (Lipinski definition) is 3. The minimum absolute atomic E-state index is 0.367. The largest absolute Gasteiger partial charge is 0.381 e. The van der Waals surface area contributed by atoms with Gasteiger partial charge in [0.05, 0.1) is 6.61 Å². The standard InChI is InChI=1S/C17H22N2O/c1-2-19-17(14-6-4-10-20-12-14)16-7-3-5-13-11-18-9-8-15(13)16/h3,5,7-9,11,14,17,19H,2,4,6,10,12H2,1H3. The number of fused-ring (bicyclic) bond motifs is 1. The molecule has 1 N–H and O–H groups in total. The topological polar surface area (TPSA) is 34.2 Å². The molecule has 0 aliphatic carbocycles. The lowest BCUT2D eigenvalue weighted by Gasteiger charge is -2.31. The Kier molecular flexibility index (Phi) is 4.28. The summed E-state index contributed by atoms with van der Waals surface area (Å²) in [4.78, 5) is 4.23. The third kappa shape index (κ3) is 2.69. The molecule has 1 fully saturated rings. The molecule has 2 unspecified atom stereocenters. The highest BCUT2D eigenvalue weighted by Gasteiger charge is 2.26. The van der Waals surface area contributed by atoms with Crippen LogP contribution in [0.5, 0.6) is 0 Å². The van der Waals surface area contributed by atoms with E-state index in [2.05, 4.69) is 41.5 Å². The zero-order chi connectivity index (χ0) is 13.8. The number of pyridine rings is 1. The molecule has 0 saturated carbocycles. The lowest BCUT2D eigenvalue weighted by molar-refractivity contribution is 0.0395. The molecule has 0 amide bonds. The van der Waals surface area contributed by atoms with Crippen LogP contribution in [0.4, 0.5) is 0 Å². The second-order valence-corrected chi connectivity index (χ2v) is 5.46. The second-order valence-electron chi connectivity index (χ2n) is 5.46. The van der Waals surface area contributed by atoms with Gasteiger partial charge in [0.15, 0.2) is 0 Å². The van der Waals surface area contributed by atoms with E-state index in [1.807, 2.05) is 12.4 Å². The number of ether oxygens (including phenoxy) is 1. The summed E-state index contributed by atoms with van der Waals surface area (Å²) < 4.78 is 5.69. The zero-order valence-electron chi connectivity index (χ0n) is 12.0. The normalized spacial score (nSPS) is 20.9. The molecule has 20 heavy (non-hydrogen) atoms. The Hall–Kier alpha value is -1.45. The van der Waals surface area contributed by atoms with Crippen LogP contribution in [-0.2, 0) is 4.74 Å². The summed E-state index contributed by atoms with van der Waals surface area (Å²) in [5.74, 6) is 0.558. The van der Waals surface area contributed by atoms with Gasteiger partial charge >= 0.3 is 0 Å². The number of rotatable bonds is 4. The van der Waals surface area contributed by atoms with Gasteiger partial charge in [-0.2, -0.15) is 0 Å². The highest BCUT2D eigenvalue weighted by atomic mass is 16.5. The SMILES string of the molecule is CCNC(c1cccc2cnccc12)C1CCCOC1. The lowest BCUT2D eigenvalue weighted by atomic mass is 9.86. The fourth-order valence-electron chi connectivity index (χ4n) is 3.20. The van der Waals surface area contributed by atoms with Crippen LogP contribution in [-0.4, -0.2) is 24.7 Å². The van der Waals surface area contributed by atoms with Crippen LogP contribution in [0.2, 0.25) is 0 Å². The minimum Gasteiger partial charge on any atom is -0.381 e. The van der Waals surface area contributed by atoms with Gasteiger partial charge in [-0.25, -0.2) is 0 Å². The van der Waals surface area contributed by atoms with Crippen molar-refractivity contribution in [2.24, 2.45) is 5.92 Å². The van der Waals surface area contributed by atoms with Gasteiger partial charge in [-0.1, -0.05) is 25.1 Å². The van der Waals surface area contributed by atoms with Crippen molar-refractivity contribution in [1.82, 2.24) is 10.3 Å². The fourth-order valence-corrected chi connectivity index (χ4v) is 3.20. The lowest BCUT2D eigenvalue weighted by Crippen LogP contribution is -2.33. The molecule has 1 aliphatic heterocycles.